The molecule has 134 valence electrons. The van der Waals surface area contributed by atoms with Gasteiger partial charge in [0.2, 0.25) is 0 Å². The minimum absolute atomic E-state index is 0.0276. The molecule has 1 fully saturated rings. The second-order valence-electron chi connectivity index (χ2n) is 5.25. The van der Waals surface area contributed by atoms with E-state index in [2.05, 4.69) is 18.2 Å². The second-order valence-corrected chi connectivity index (χ2v) is 6.08. The van der Waals surface area contributed by atoms with Gasteiger partial charge in [-0.3, -0.25) is 0 Å². The number of aliphatic imine (C=N–C) groups is 1. The minimum atomic E-state index is -1.01. The molecule has 0 radical (unpaired) electrons. The summed E-state index contributed by atoms with van der Waals surface area (Å²) in [5.74, 6) is 0.146. The van der Waals surface area contributed by atoms with E-state index in [0.717, 1.165) is 0 Å². The predicted molar refractivity (Wildman–Crippen MR) is 97.0 cm³/mol. The molecule has 0 aromatic heterocycles. The monoisotopic (exact) mass is 377 g/mol. The van der Waals surface area contributed by atoms with Crippen molar-refractivity contribution in [3.63, 3.8) is 0 Å². The van der Waals surface area contributed by atoms with Crippen molar-refractivity contribution in [3.05, 3.63) is 46.4 Å². The Labute approximate surface area is 151 Å². The number of nitrogens with zero attached hydrogens (tertiary/aromatic N) is 2. The molecule has 0 amide bonds. The normalized spacial score (nSPS) is 19.2. The second kappa shape index (κ2) is 8.96. The van der Waals surface area contributed by atoms with E-state index in [1.807, 2.05) is 0 Å². The van der Waals surface area contributed by atoms with Crippen molar-refractivity contribution in [3.8, 4) is 0 Å². The summed E-state index contributed by atoms with van der Waals surface area (Å²) in [6.45, 7) is 9.61. The molecule has 1 aliphatic heterocycles. The number of ether oxygens (including phenoxy) is 1. The molecular formula is C15H22Cl2FN5O. The van der Waals surface area contributed by atoms with Crippen LogP contribution in [-0.2, 0) is 4.74 Å². The van der Waals surface area contributed by atoms with Crippen LogP contribution >= 0.6 is 23.2 Å². The van der Waals surface area contributed by atoms with Crippen molar-refractivity contribution < 1.29 is 9.13 Å². The van der Waals surface area contributed by atoms with Crippen LogP contribution in [0.1, 0.15) is 6.92 Å². The van der Waals surface area contributed by atoms with Gasteiger partial charge in [-0.25, -0.2) is 4.39 Å². The molecule has 1 atom stereocenters. The van der Waals surface area contributed by atoms with Crippen LogP contribution in [0.15, 0.2) is 51.4 Å². The summed E-state index contributed by atoms with van der Waals surface area (Å²) in [6.07, 6.45) is 0.307. The fourth-order valence-corrected chi connectivity index (χ4v) is 2.14. The molecule has 1 heterocycles. The van der Waals surface area contributed by atoms with Crippen molar-refractivity contribution in [2.45, 2.75) is 19.2 Å². The van der Waals surface area contributed by atoms with Crippen LogP contribution in [0.4, 0.5) is 4.39 Å². The van der Waals surface area contributed by atoms with Gasteiger partial charge < -0.3 is 26.8 Å². The first kappa shape index (κ1) is 20.3. The molecule has 9 heteroatoms. The Hall–Kier alpha value is -1.70. The van der Waals surface area contributed by atoms with Crippen LogP contribution in [0.25, 0.3) is 0 Å². The van der Waals surface area contributed by atoms with Gasteiger partial charge in [-0.1, -0.05) is 42.4 Å². The Morgan fingerprint density at radius 3 is 2.46 bits per heavy atom. The van der Waals surface area contributed by atoms with Crippen LogP contribution in [-0.4, -0.2) is 42.8 Å². The molecule has 1 aliphatic rings. The number of nitrogens with two attached hydrogens (primary N) is 3. The first-order valence-electron chi connectivity index (χ1n) is 7.14. The van der Waals surface area contributed by atoms with Crippen molar-refractivity contribution in [2.24, 2.45) is 22.2 Å². The highest BCUT2D eigenvalue weighted by atomic mass is 35.5. The summed E-state index contributed by atoms with van der Waals surface area (Å²) in [6, 6.07) is 0. The van der Waals surface area contributed by atoms with Crippen molar-refractivity contribution in [2.75, 3.05) is 19.7 Å². The average Bonchev–Trinajstić information content (AvgIpc) is 2.45. The molecule has 0 spiro atoms. The SMILES string of the molecule is C=CC(=C(/Cl)C(=C)Cl)/C(N)=C(N)/N=C(\N)N1CC(OCC(C)F)C1. The molecular weight excluding hydrogens is 356 g/mol. The lowest BCUT2D eigenvalue weighted by Gasteiger charge is -2.39. The number of hydrogen-bond acceptors (Lipinski definition) is 4. The fraction of sp³-hybridized carbons (Fsp3) is 0.400. The lowest BCUT2D eigenvalue weighted by Crippen LogP contribution is -2.57. The van der Waals surface area contributed by atoms with E-state index in [0.29, 0.717) is 18.7 Å². The summed E-state index contributed by atoms with van der Waals surface area (Å²) in [4.78, 5) is 5.78. The van der Waals surface area contributed by atoms with Gasteiger partial charge in [0.1, 0.15) is 6.17 Å². The average molecular weight is 378 g/mol. The third-order valence-electron chi connectivity index (χ3n) is 3.21. The Kier molecular flexibility index (Phi) is 7.59. The molecule has 6 N–H and O–H groups in total. The Morgan fingerprint density at radius 2 is 2.00 bits per heavy atom. The van der Waals surface area contributed by atoms with E-state index in [4.69, 9.17) is 45.1 Å². The van der Waals surface area contributed by atoms with Crippen LogP contribution in [0.5, 0.6) is 0 Å². The Bertz CT molecular complexity index is 595. The van der Waals surface area contributed by atoms with Crippen molar-refractivity contribution >= 4 is 29.2 Å². The van der Waals surface area contributed by atoms with Crippen molar-refractivity contribution in [1.29, 1.82) is 0 Å². The van der Waals surface area contributed by atoms with Crippen LogP contribution < -0.4 is 17.2 Å². The third kappa shape index (κ3) is 5.43. The van der Waals surface area contributed by atoms with Gasteiger partial charge in [-0.2, -0.15) is 4.99 Å². The van der Waals surface area contributed by atoms with Gasteiger partial charge in [0, 0.05) is 18.7 Å². The zero-order chi connectivity index (χ0) is 18.4. The maximum Gasteiger partial charge on any atom is 0.198 e. The highest BCUT2D eigenvalue weighted by Gasteiger charge is 2.29. The number of hydrogen-bond donors (Lipinski definition) is 3. The van der Waals surface area contributed by atoms with Crippen molar-refractivity contribution in [1.82, 2.24) is 4.90 Å². The van der Waals surface area contributed by atoms with Gasteiger partial charge in [0.05, 0.1) is 28.5 Å². The topological polar surface area (TPSA) is 103 Å². The van der Waals surface area contributed by atoms with Gasteiger partial charge in [0.25, 0.3) is 0 Å². The smallest absolute Gasteiger partial charge is 0.198 e. The number of halogens is 3. The largest absolute Gasteiger partial charge is 0.395 e. The maximum atomic E-state index is 12.7. The molecule has 1 rings (SSSR count). The molecule has 0 bridgehead atoms. The van der Waals surface area contributed by atoms with E-state index < -0.39 is 6.17 Å². The highest BCUT2D eigenvalue weighted by Crippen LogP contribution is 2.25. The van der Waals surface area contributed by atoms with Gasteiger partial charge in [0.15, 0.2) is 11.8 Å². The summed E-state index contributed by atoms with van der Waals surface area (Å²) in [5.41, 5.74) is 18.0. The molecule has 1 saturated heterocycles. The molecule has 0 aromatic carbocycles. The van der Waals surface area contributed by atoms with E-state index in [-0.39, 0.29) is 40.3 Å². The minimum Gasteiger partial charge on any atom is -0.395 e. The first-order valence-corrected chi connectivity index (χ1v) is 7.90. The first-order chi connectivity index (χ1) is 11.2. The number of likely N-dealkylation sites (tertiary alicyclic amines) is 1. The number of rotatable bonds is 7. The highest BCUT2D eigenvalue weighted by molar-refractivity contribution is 6.44. The summed E-state index contributed by atoms with van der Waals surface area (Å²) < 4.78 is 18.0. The standard InChI is InChI=1S/C15H22Cl2FN5O/c1-4-11(12(17)9(3)16)13(19)14(20)22-15(21)23-5-10(6-23)24-7-8(2)18/h4,8,10H,1,3,5-7,19-20H2,2H3,(H2,21,22)/b12-11-,14-13-. The molecule has 24 heavy (non-hydrogen) atoms. The maximum absolute atomic E-state index is 12.7. The molecule has 0 aromatic rings. The molecule has 6 nitrogen and oxygen atoms in total. The lowest BCUT2D eigenvalue weighted by molar-refractivity contribution is -0.0425. The number of alkyl halides is 1. The molecule has 0 aliphatic carbocycles. The lowest BCUT2D eigenvalue weighted by atomic mass is 10.1. The van der Waals surface area contributed by atoms with E-state index in [1.165, 1.54) is 13.0 Å². The zero-order valence-electron chi connectivity index (χ0n) is 13.4. The number of guanidine groups is 1. The molecule has 0 saturated carbocycles. The Balaban J connectivity index is 2.79. The summed E-state index contributed by atoms with van der Waals surface area (Å²) >= 11 is 11.8. The summed E-state index contributed by atoms with van der Waals surface area (Å²) in [5, 5.41) is 0.225. The van der Waals surface area contributed by atoms with E-state index >= 15 is 0 Å². The number of allylic oxidation sites excluding steroid dienone is 3. The fourth-order valence-electron chi connectivity index (χ4n) is 1.86. The predicted octanol–water partition coefficient (Wildman–Crippen LogP) is 1.88. The quantitative estimate of drug-likeness (QED) is 0.357. The van der Waals surface area contributed by atoms with E-state index in [9.17, 15) is 4.39 Å². The van der Waals surface area contributed by atoms with E-state index in [1.54, 1.807) is 4.90 Å². The van der Waals surface area contributed by atoms with Crippen LogP contribution in [0, 0.1) is 0 Å². The Morgan fingerprint density at radius 1 is 1.42 bits per heavy atom. The van der Waals surface area contributed by atoms with Gasteiger partial charge >= 0.3 is 0 Å². The summed E-state index contributed by atoms with van der Waals surface area (Å²) in [7, 11) is 0. The van der Waals surface area contributed by atoms with Gasteiger partial charge in [-0.15, -0.1) is 0 Å². The molecule has 1 unspecified atom stereocenters. The van der Waals surface area contributed by atoms with Gasteiger partial charge in [-0.05, 0) is 6.92 Å². The zero-order valence-corrected chi connectivity index (χ0v) is 14.9. The van der Waals surface area contributed by atoms with Crippen LogP contribution in [0.2, 0.25) is 0 Å². The third-order valence-corrected chi connectivity index (χ3v) is 3.93. The van der Waals surface area contributed by atoms with Crippen LogP contribution in [0.3, 0.4) is 0 Å².